The Morgan fingerprint density at radius 3 is 2.65 bits per heavy atom. The molecule has 0 aliphatic carbocycles. The zero-order valence-electron chi connectivity index (χ0n) is 21.0. The molecule has 202 valence electrons. The zero-order chi connectivity index (χ0) is 26.8. The van der Waals surface area contributed by atoms with Crippen LogP contribution in [0.4, 0.5) is 0 Å². The number of nitrogens with one attached hydrogen (secondary N) is 3. The van der Waals surface area contributed by atoms with Gasteiger partial charge in [-0.3, -0.25) is 24.0 Å². The summed E-state index contributed by atoms with van der Waals surface area (Å²) < 4.78 is 5.74. The van der Waals surface area contributed by atoms with Gasteiger partial charge >= 0.3 is 0 Å². The van der Waals surface area contributed by atoms with Crippen LogP contribution in [0.2, 0.25) is 0 Å². The van der Waals surface area contributed by atoms with Gasteiger partial charge in [0.25, 0.3) is 5.91 Å². The van der Waals surface area contributed by atoms with Gasteiger partial charge in [-0.1, -0.05) is 12.1 Å². The number of hydrogen-bond acceptors (Lipinski definition) is 7. The minimum atomic E-state index is -1.13. The number of rotatable bonds is 6. The molecule has 2 aliphatic rings. The quantitative estimate of drug-likeness (QED) is 0.353. The summed E-state index contributed by atoms with van der Waals surface area (Å²) in [6.07, 6.45) is 1.76. The lowest BCUT2D eigenvalue weighted by Gasteiger charge is -2.23. The Bertz CT molecular complexity index is 1000. The first-order valence-corrected chi connectivity index (χ1v) is 12.5. The summed E-state index contributed by atoms with van der Waals surface area (Å²) in [4.78, 5) is 66.0. The number of amides is 5. The maximum absolute atomic E-state index is 13.1. The first-order valence-electron chi connectivity index (χ1n) is 12.5. The maximum atomic E-state index is 13.1. The summed E-state index contributed by atoms with van der Waals surface area (Å²) in [5.41, 5.74) is 0.217. The van der Waals surface area contributed by atoms with Gasteiger partial charge in [-0.25, -0.2) is 0 Å². The van der Waals surface area contributed by atoms with E-state index in [1.54, 1.807) is 29.2 Å². The smallest absolute Gasteiger partial charge is 0.255 e. The molecule has 37 heavy (non-hydrogen) atoms. The van der Waals surface area contributed by atoms with E-state index < -0.39 is 42.3 Å². The molecular formula is C25H35N5O7. The molecule has 1 aromatic rings. The molecular weight excluding hydrogens is 482 g/mol. The average molecular weight is 518 g/mol. The Morgan fingerprint density at radius 1 is 1.14 bits per heavy atom. The summed E-state index contributed by atoms with van der Waals surface area (Å²) in [5.74, 6) is -1.62. The number of aliphatic hydroxyl groups excluding tert-OH is 1. The topological polar surface area (TPSA) is 157 Å². The van der Waals surface area contributed by atoms with E-state index in [0.717, 1.165) is 13.0 Å². The lowest BCUT2D eigenvalue weighted by Crippen LogP contribution is -2.51. The molecule has 1 fully saturated rings. The van der Waals surface area contributed by atoms with Crippen molar-refractivity contribution in [2.75, 3.05) is 46.4 Å². The molecule has 0 spiro atoms. The lowest BCUT2D eigenvalue weighted by atomic mass is 10.1. The Balaban J connectivity index is 1.71. The molecule has 0 aromatic heterocycles. The minimum Gasteiger partial charge on any atom is -0.491 e. The van der Waals surface area contributed by atoms with Gasteiger partial charge in [0.1, 0.15) is 24.4 Å². The fourth-order valence-corrected chi connectivity index (χ4v) is 4.23. The van der Waals surface area contributed by atoms with E-state index in [0.29, 0.717) is 25.9 Å². The second-order valence-corrected chi connectivity index (χ2v) is 9.10. The van der Waals surface area contributed by atoms with Gasteiger partial charge < -0.3 is 35.6 Å². The van der Waals surface area contributed by atoms with E-state index in [-0.39, 0.29) is 43.2 Å². The molecule has 3 rings (SSSR count). The Morgan fingerprint density at radius 2 is 1.92 bits per heavy atom. The molecule has 2 aliphatic heterocycles. The van der Waals surface area contributed by atoms with Gasteiger partial charge in [-0.15, -0.1) is 0 Å². The zero-order valence-corrected chi connectivity index (χ0v) is 21.0. The van der Waals surface area contributed by atoms with Crippen LogP contribution >= 0.6 is 0 Å². The normalized spacial score (nSPS) is 21.8. The van der Waals surface area contributed by atoms with Crippen LogP contribution in [0.15, 0.2) is 24.3 Å². The molecule has 12 heteroatoms. The third-order valence-electron chi connectivity index (χ3n) is 6.37. The van der Waals surface area contributed by atoms with E-state index in [4.69, 9.17) is 4.74 Å². The van der Waals surface area contributed by atoms with Crippen molar-refractivity contribution in [2.24, 2.45) is 0 Å². The second kappa shape index (κ2) is 13.6. The van der Waals surface area contributed by atoms with Crippen LogP contribution in [-0.2, 0) is 19.2 Å². The molecule has 4 N–H and O–H groups in total. The largest absolute Gasteiger partial charge is 0.491 e. The predicted molar refractivity (Wildman–Crippen MR) is 133 cm³/mol. The van der Waals surface area contributed by atoms with Crippen molar-refractivity contribution in [3.63, 3.8) is 0 Å². The number of para-hydroxylation sites is 1. The molecule has 0 unspecified atom stereocenters. The molecule has 0 saturated carbocycles. The van der Waals surface area contributed by atoms with Crippen molar-refractivity contribution >= 4 is 29.5 Å². The van der Waals surface area contributed by atoms with Crippen LogP contribution in [0.5, 0.6) is 5.75 Å². The Kier molecular flexibility index (Phi) is 10.2. The lowest BCUT2D eigenvalue weighted by molar-refractivity contribution is -0.137. The molecule has 1 aromatic carbocycles. The van der Waals surface area contributed by atoms with Crippen LogP contribution in [0, 0.1) is 0 Å². The highest BCUT2D eigenvalue weighted by atomic mass is 16.5. The van der Waals surface area contributed by atoms with E-state index in [1.807, 2.05) is 0 Å². The predicted octanol–water partition coefficient (Wildman–Crippen LogP) is -0.978. The Hall–Kier alpha value is -3.67. The first kappa shape index (κ1) is 27.9. The highest BCUT2D eigenvalue weighted by Crippen LogP contribution is 2.18. The summed E-state index contributed by atoms with van der Waals surface area (Å²) in [5, 5.41) is 17.6. The Labute approximate surface area is 215 Å². The summed E-state index contributed by atoms with van der Waals surface area (Å²) in [6, 6.07) is 4.38. The number of aliphatic hydroxyl groups is 1. The van der Waals surface area contributed by atoms with Crippen LogP contribution in [0.25, 0.3) is 0 Å². The van der Waals surface area contributed by atoms with Gasteiger partial charge in [0, 0.05) is 39.5 Å². The highest BCUT2D eigenvalue weighted by molar-refractivity contribution is 5.99. The molecule has 5 amide bonds. The molecule has 12 nitrogen and oxygen atoms in total. The third kappa shape index (κ3) is 7.91. The van der Waals surface area contributed by atoms with Crippen molar-refractivity contribution in [3.8, 4) is 5.75 Å². The van der Waals surface area contributed by atoms with Gasteiger partial charge in [0.2, 0.25) is 23.6 Å². The van der Waals surface area contributed by atoms with E-state index >= 15 is 0 Å². The van der Waals surface area contributed by atoms with Crippen molar-refractivity contribution in [1.29, 1.82) is 0 Å². The number of fused-ring (bicyclic) bond motifs is 1. The van der Waals surface area contributed by atoms with E-state index in [2.05, 4.69) is 16.0 Å². The van der Waals surface area contributed by atoms with Crippen molar-refractivity contribution < 1.29 is 33.8 Å². The summed E-state index contributed by atoms with van der Waals surface area (Å²) in [6.45, 7) is 1.20. The molecule has 1 saturated heterocycles. The van der Waals surface area contributed by atoms with E-state index in [1.165, 1.54) is 11.9 Å². The number of ether oxygens (including phenoxy) is 1. The number of benzene rings is 1. The highest BCUT2D eigenvalue weighted by Gasteiger charge is 2.27. The van der Waals surface area contributed by atoms with Crippen LogP contribution in [-0.4, -0.2) is 103 Å². The number of nitrogens with zero attached hydrogens (tertiary/aromatic N) is 2. The number of carbonyl (C=O) groups excluding carboxylic acids is 5. The van der Waals surface area contributed by atoms with Crippen molar-refractivity contribution in [1.82, 2.24) is 25.8 Å². The first-order chi connectivity index (χ1) is 17.8. The average Bonchev–Trinajstić information content (AvgIpc) is 3.30. The monoisotopic (exact) mass is 517 g/mol. The number of hydrogen-bond donors (Lipinski definition) is 4. The van der Waals surface area contributed by atoms with E-state index in [9.17, 15) is 29.1 Å². The third-order valence-corrected chi connectivity index (χ3v) is 6.37. The fraction of sp³-hybridized carbons (Fsp3) is 0.560. The van der Waals surface area contributed by atoms with Crippen LogP contribution < -0.4 is 20.7 Å². The van der Waals surface area contributed by atoms with Gasteiger partial charge in [0.15, 0.2) is 0 Å². The maximum Gasteiger partial charge on any atom is 0.255 e. The minimum absolute atomic E-state index is 0.0286. The fourth-order valence-electron chi connectivity index (χ4n) is 4.23. The SMILES string of the molecule is CN1CCOc2ccccc2C(=O)N[C@H](C(=O)NCCCN2CCCC2=O)CCC(=O)N[C@@H](CO)C1=O. The van der Waals surface area contributed by atoms with Gasteiger partial charge in [-0.05, 0) is 31.4 Å². The van der Waals surface area contributed by atoms with Crippen LogP contribution in [0.1, 0.15) is 42.5 Å². The molecule has 2 atom stereocenters. The van der Waals surface area contributed by atoms with Crippen LogP contribution in [0.3, 0.4) is 0 Å². The molecule has 2 heterocycles. The van der Waals surface area contributed by atoms with Gasteiger partial charge in [-0.2, -0.15) is 0 Å². The number of likely N-dealkylation sites (tertiary alicyclic amines) is 1. The second-order valence-electron chi connectivity index (χ2n) is 9.10. The standard InChI is InChI=1S/C25H35N5O7/c1-29-14-15-37-20-7-3-2-6-17(20)23(34)28-18(9-10-21(32)27-19(16-31)25(29)36)24(35)26-11-5-13-30-12-4-8-22(30)33/h2-3,6-7,18-19,31H,4-5,8-16H2,1H3,(H,26,35)(H,27,32)(H,28,34)/t18-,19-/m0/s1. The molecule has 0 radical (unpaired) electrons. The van der Waals surface area contributed by atoms with Gasteiger partial charge in [0.05, 0.1) is 18.7 Å². The number of carbonyl (C=O) groups is 5. The van der Waals surface area contributed by atoms with Crippen molar-refractivity contribution in [3.05, 3.63) is 29.8 Å². The molecule has 0 bridgehead atoms. The summed E-state index contributed by atoms with van der Waals surface area (Å²) >= 11 is 0. The van der Waals surface area contributed by atoms with Crippen molar-refractivity contribution in [2.45, 2.75) is 44.2 Å². The summed E-state index contributed by atoms with van der Waals surface area (Å²) in [7, 11) is 1.53. The number of likely N-dealkylation sites (N-methyl/N-ethyl adjacent to an activating group) is 1.